The third-order valence-electron chi connectivity index (χ3n) is 3.80. The third kappa shape index (κ3) is 6.62. The van der Waals surface area contributed by atoms with Gasteiger partial charge in [0.2, 0.25) is 0 Å². The number of anilines is 1. The number of carbonyl (C=O) groups excluding carboxylic acids is 3. The maximum Gasteiger partial charge on any atom is 0.329 e. The first-order valence-electron chi connectivity index (χ1n) is 8.64. The number of benzene rings is 2. The van der Waals surface area contributed by atoms with Crippen molar-refractivity contribution in [3.63, 3.8) is 0 Å². The van der Waals surface area contributed by atoms with Crippen molar-refractivity contribution in [2.75, 3.05) is 19.0 Å². The largest absolute Gasteiger partial charge is 0.483 e. The van der Waals surface area contributed by atoms with Gasteiger partial charge in [-0.25, -0.2) is 5.43 Å². The van der Waals surface area contributed by atoms with E-state index < -0.39 is 11.8 Å². The summed E-state index contributed by atoms with van der Waals surface area (Å²) < 4.78 is 5.57. The van der Waals surface area contributed by atoms with Crippen LogP contribution in [-0.2, 0) is 14.4 Å². The second-order valence-corrected chi connectivity index (χ2v) is 6.55. The summed E-state index contributed by atoms with van der Waals surface area (Å²) in [6, 6.07) is 10.5. The predicted molar refractivity (Wildman–Crippen MR) is 111 cm³/mol. The van der Waals surface area contributed by atoms with Gasteiger partial charge in [0.25, 0.3) is 5.91 Å². The van der Waals surface area contributed by atoms with Crippen LogP contribution in [0.4, 0.5) is 5.69 Å². The van der Waals surface area contributed by atoms with E-state index in [0.717, 1.165) is 11.1 Å². The Morgan fingerprint density at radius 3 is 2.59 bits per heavy atom. The van der Waals surface area contributed by atoms with E-state index in [-0.39, 0.29) is 12.5 Å². The number of amides is 3. The minimum Gasteiger partial charge on any atom is -0.483 e. The Morgan fingerprint density at radius 2 is 1.86 bits per heavy atom. The van der Waals surface area contributed by atoms with Crippen molar-refractivity contribution in [1.29, 1.82) is 0 Å². The number of carbonyl (C=O) groups is 3. The molecule has 0 unspecified atom stereocenters. The molecule has 0 saturated carbocycles. The van der Waals surface area contributed by atoms with E-state index in [1.807, 2.05) is 32.0 Å². The van der Waals surface area contributed by atoms with Crippen LogP contribution in [0.5, 0.6) is 5.75 Å². The van der Waals surface area contributed by atoms with Gasteiger partial charge in [-0.2, -0.15) is 5.10 Å². The maximum atomic E-state index is 12.2. The monoisotopic (exact) mass is 416 g/mol. The standard InChI is InChI=1S/C20H21ClN4O4/c1-12-4-5-13(2)16(8-12)24-18(26)11-29-17-7-6-15(21)9-14(17)10-23-25-20(28)19(27)22-3/h4-10H,11H2,1-3H3,(H,22,27)(H,24,26)(H,25,28)/b23-10-. The van der Waals surface area contributed by atoms with Gasteiger partial charge in [-0.05, 0) is 49.2 Å². The molecule has 2 rings (SSSR count). The fourth-order valence-electron chi connectivity index (χ4n) is 2.28. The molecule has 0 aliphatic rings. The normalized spacial score (nSPS) is 10.5. The molecule has 3 N–H and O–H groups in total. The first kappa shape index (κ1) is 21.9. The number of halogens is 1. The van der Waals surface area contributed by atoms with E-state index in [4.69, 9.17) is 16.3 Å². The molecule has 0 heterocycles. The molecule has 0 aliphatic heterocycles. The highest BCUT2D eigenvalue weighted by Gasteiger charge is 2.11. The fourth-order valence-corrected chi connectivity index (χ4v) is 2.46. The predicted octanol–water partition coefficient (Wildman–Crippen LogP) is 2.17. The van der Waals surface area contributed by atoms with E-state index in [9.17, 15) is 14.4 Å². The van der Waals surface area contributed by atoms with Crippen LogP contribution in [-0.4, -0.2) is 37.6 Å². The highest BCUT2D eigenvalue weighted by molar-refractivity contribution is 6.35. The molecule has 0 bridgehead atoms. The average molecular weight is 417 g/mol. The molecule has 29 heavy (non-hydrogen) atoms. The van der Waals surface area contributed by atoms with Gasteiger partial charge >= 0.3 is 11.8 Å². The van der Waals surface area contributed by atoms with Gasteiger partial charge in [-0.1, -0.05) is 23.7 Å². The highest BCUT2D eigenvalue weighted by atomic mass is 35.5. The summed E-state index contributed by atoms with van der Waals surface area (Å²) in [5.41, 5.74) is 5.19. The minimum absolute atomic E-state index is 0.236. The molecule has 0 aromatic heterocycles. The number of hydrogen-bond donors (Lipinski definition) is 3. The first-order chi connectivity index (χ1) is 13.8. The summed E-state index contributed by atoms with van der Waals surface area (Å²) >= 11 is 5.99. The SMILES string of the molecule is CNC(=O)C(=O)N/N=C\c1cc(Cl)ccc1OCC(=O)Nc1cc(C)ccc1C. The number of aryl methyl sites for hydroxylation is 2. The van der Waals surface area contributed by atoms with E-state index >= 15 is 0 Å². The van der Waals surface area contributed by atoms with Crippen molar-refractivity contribution in [2.45, 2.75) is 13.8 Å². The molecule has 0 atom stereocenters. The highest BCUT2D eigenvalue weighted by Crippen LogP contribution is 2.22. The average Bonchev–Trinajstić information content (AvgIpc) is 2.69. The van der Waals surface area contributed by atoms with Crippen LogP contribution in [0, 0.1) is 13.8 Å². The molecule has 2 aromatic carbocycles. The van der Waals surface area contributed by atoms with Crippen LogP contribution in [0.15, 0.2) is 41.5 Å². The molecule has 0 radical (unpaired) electrons. The fraction of sp³-hybridized carbons (Fsp3) is 0.200. The Balaban J connectivity index is 2.03. The Hall–Kier alpha value is -3.39. The lowest BCUT2D eigenvalue weighted by atomic mass is 10.1. The summed E-state index contributed by atoms with van der Waals surface area (Å²) in [6.07, 6.45) is 1.27. The molecule has 0 aliphatic carbocycles. The quantitative estimate of drug-likeness (QED) is 0.381. The number of ether oxygens (including phenoxy) is 1. The zero-order chi connectivity index (χ0) is 21.4. The van der Waals surface area contributed by atoms with Gasteiger partial charge in [0.1, 0.15) is 5.75 Å². The lowest BCUT2D eigenvalue weighted by molar-refractivity contribution is -0.138. The maximum absolute atomic E-state index is 12.2. The van der Waals surface area contributed by atoms with Gasteiger partial charge in [-0.3, -0.25) is 14.4 Å². The summed E-state index contributed by atoms with van der Waals surface area (Å²) in [5.74, 6) is -1.73. The number of nitrogens with zero attached hydrogens (tertiary/aromatic N) is 1. The summed E-state index contributed by atoms with van der Waals surface area (Å²) in [7, 11) is 1.33. The second-order valence-electron chi connectivity index (χ2n) is 6.12. The molecule has 2 aromatic rings. The Bertz CT molecular complexity index is 959. The molecule has 0 saturated heterocycles. The molecular formula is C20H21ClN4O4. The van der Waals surface area contributed by atoms with E-state index in [1.54, 1.807) is 18.2 Å². The second kappa shape index (κ2) is 10.2. The topological polar surface area (TPSA) is 109 Å². The molecular weight excluding hydrogens is 396 g/mol. The molecule has 152 valence electrons. The molecule has 0 fully saturated rings. The number of likely N-dealkylation sites (N-methyl/N-ethyl adjacent to an activating group) is 1. The zero-order valence-corrected chi connectivity index (χ0v) is 17.0. The summed E-state index contributed by atoms with van der Waals surface area (Å²) in [6.45, 7) is 3.60. The van der Waals surface area contributed by atoms with Crippen LogP contribution >= 0.6 is 11.6 Å². The van der Waals surface area contributed by atoms with Crippen LogP contribution < -0.4 is 20.8 Å². The Labute approximate surface area is 173 Å². The van der Waals surface area contributed by atoms with Gasteiger partial charge in [0.15, 0.2) is 6.61 Å². The zero-order valence-electron chi connectivity index (χ0n) is 16.2. The van der Waals surface area contributed by atoms with Crippen LogP contribution in [0.3, 0.4) is 0 Å². The molecule has 0 spiro atoms. The van der Waals surface area contributed by atoms with E-state index in [1.165, 1.54) is 13.3 Å². The third-order valence-corrected chi connectivity index (χ3v) is 4.04. The summed E-state index contributed by atoms with van der Waals surface area (Å²) in [5, 5.41) is 9.10. The van der Waals surface area contributed by atoms with Crippen LogP contribution in [0.1, 0.15) is 16.7 Å². The molecule has 9 heteroatoms. The number of nitrogens with one attached hydrogen (secondary N) is 3. The van der Waals surface area contributed by atoms with E-state index in [0.29, 0.717) is 22.0 Å². The number of rotatable bonds is 6. The summed E-state index contributed by atoms with van der Waals surface area (Å²) in [4.78, 5) is 34.8. The van der Waals surface area contributed by atoms with E-state index in [2.05, 4.69) is 21.2 Å². The van der Waals surface area contributed by atoms with Crippen molar-refractivity contribution in [1.82, 2.24) is 10.7 Å². The Morgan fingerprint density at radius 1 is 1.10 bits per heavy atom. The van der Waals surface area contributed by atoms with Crippen molar-refractivity contribution in [2.24, 2.45) is 5.10 Å². The van der Waals surface area contributed by atoms with Gasteiger partial charge in [0, 0.05) is 23.3 Å². The number of hydrazone groups is 1. The minimum atomic E-state index is -0.916. The first-order valence-corrected chi connectivity index (χ1v) is 9.02. The lowest BCUT2D eigenvalue weighted by Crippen LogP contribution is -2.35. The molecule has 8 nitrogen and oxygen atoms in total. The van der Waals surface area contributed by atoms with Crippen LogP contribution in [0.25, 0.3) is 0 Å². The smallest absolute Gasteiger partial charge is 0.329 e. The van der Waals surface area contributed by atoms with Crippen LogP contribution in [0.2, 0.25) is 5.02 Å². The van der Waals surface area contributed by atoms with Crippen molar-refractivity contribution in [3.05, 3.63) is 58.1 Å². The van der Waals surface area contributed by atoms with Gasteiger partial charge in [-0.15, -0.1) is 0 Å². The molecule has 3 amide bonds. The van der Waals surface area contributed by atoms with Crippen molar-refractivity contribution >= 4 is 41.2 Å². The van der Waals surface area contributed by atoms with Crippen molar-refractivity contribution in [3.8, 4) is 5.75 Å². The van der Waals surface area contributed by atoms with Gasteiger partial charge < -0.3 is 15.4 Å². The Kier molecular flexibility index (Phi) is 7.73. The lowest BCUT2D eigenvalue weighted by Gasteiger charge is -2.12. The van der Waals surface area contributed by atoms with Gasteiger partial charge in [0.05, 0.1) is 6.21 Å². The van der Waals surface area contributed by atoms with Crippen molar-refractivity contribution < 1.29 is 19.1 Å². The number of hydrogen-bond acceptors (Lipinski definition) is 5.